The van der Waals surface area contributed by atoms with Gasteiger partial charge in [-0.25, -0.2) is 0 Å². The number of amides is 2. The lowest BCUT2D eigenvalue weighted by Gasteiger charge is -2.35. The minimum absolute atomic E-state index is 0.0264. The third-order valence-electron chi connectivity index (χ3n) is 4.13. The molecule has 21 heavy (non-hydrogen) atoms. The van der Waals surface area contributed by atoms with Crippen LogP contribution in [0.3, 0.4) is 0 Å². The van der Waals surface area contributed by atoms with Crippen molar-refractivity contribution in [3.05, 3.63) is 35.9 Å². The highest BCUT2D eigenvalue weighted by Gasteiger charge is 2.35. The highest BCUT2D eigenvalue weighted by molar-refractivity contribution is 5.95. The maximum absolute atomic E-state index is 12.2. The van der Waals surface area contributed by atoms with Crippen molar-refractivity contribution in [2.75, 3.05) is 19.7 Å². The summed E-state index contributed by atoms with van der Waals surface area (Å²) in [4.78, 5) is 26.1. The van der Waals surface area contributed by atoms with Gasteiger partial charge in [-0.05, 0) is 24.8 Å². The number of benzene rings is 1. The topological polar surface area (TPSA) is 58.6 Å². The van der Waals surface area contributed by atoms with Gasteiger partial charge in [0.05, 0.1) is 12.6 Å². The summed E-state index contributed by atoms with van der Waals surface area (Å²) >= 11 is 0. The van der Waals surface area contributed by atoms with Crippen LogP contribution in [0, 0.1) is 0 Å². The van der Waals surface area contributed by atoms with Crippen LogP contribution >= 0.6 is 0 Å². The Morgan fingerprint density at radius 2 is 2.05 bits per heavy atom. The van der Waals surface area contributed by atoms with Gasteiger partial charge in [0.1, 0.15) is 6.04 Å². The average Bonchev–Trinajstić information content (AvgIpc) is 3.02. The van der Waals surface area contributed by atoms with E-state index in [4.69, 9.17) is 4.74 Å². The second-order valence-corrected chi connectivity index (χ2v) is 5.54. The SMILES string of the molecule is O=C1NCC(=O)N(CCC2CCCO2)C1c1ccccc1. The summed E-state index contributed by atoms with van der Waals surface area (Å²) < 4.78 is 5.61. The number of ether oxygens (including phenoxy) is 1. The Balaban J connectivity index is 1.75. The number of hydrogen-bond donors (Lipinski definition) is 1. The van der Waals surface area contributed by atoms with Gasteiger partial charge in [-0.1, -0.05) is 30.3 Å². The Kier molecular flexibility index (Phi) is 4.20. The molecule has 2 aliphatic rings. The molecule has 5 nitrogen and oxygen atoms in total. The Morgan fingerprint density at radius 3 is 2.76 bits per heavy atom. The first-order chi connectivity index (χ1) is 10.3. The minimum atomic E-state index is -0.520. The number of carbonyl (C=O) groups is 2. The van der Waals surface area contributed by atoms with Crippen molar-refractivity contribution in [3.63, 3.8) is 0 Å². The van der Waals surface area contributed by atoms with Crippen molar-refractivity contribution in [1.29, 1.82) is 0 Å². The van der Waals surface area contributed by atoms with E-state index in [2.05, 4.69) is 5.32 Å². The molecular weight excluding hydrogens is 268 g/mol. The molecule has 0 aromatic heterocycles. The van der Waals surface area contributed by atoms with Gasteiger partial charge in [0.2, 0.25) is 11.8 Å². The third-order valence-corrected chi connectivity index (χ3v) is 4.13. The van der Waals surface area contributed by atoms with E-state index >= 15 is 0 Å². The zero-order chi connectivity index (χ0) is 14.7. The van der Waals surface area contributed by atoms with Crippen molar-refractivity contribution in [1.82, 2.24) is 10.2 Å². The molecule has 2 amide bonds. The summed E-state index contributed by atoms with van der Waals surface area (Å²) in [6, 6.07) is 8.95. The monoisotopic (exact) mass is 288 g/mol. The highest BCUT2D eigenvalue weighted by atomic mass is 16.5. The predicted octanol–water partition coefficient (Wildman–Crippen LogP) is 1.26. The quantitative estimate of drug-likeness (QED) is 0.907. The molecule has 0 saturated carbocycles. The van der Waals surface area contributed by atoms with E-state index in [1.54, 1.807) is 4.90 Å². The lowest BCUT2D eigenvalue weighted by molar-refractivity contribution is -0.146. The van der Waals surface area contributed by atoms with Crippen LogP contribution in [-0.4, -0.2) is 42.5 Å². The molecule has 112 valence electrons. The van der Waals surface area contributed by atoms with Crippen LogP contribution in [0.1, 0.15) is 30.9 Å². The maximum Gasteiger partial charge on any atom is 0.247 e. The van der Waals surface area contributed by atoms with E-state index in [1.165, 1.54) is 0 Å². The molecule has 0 radical (unpaired) electrons. The normalized spacial score (nSPS) is 26.0. The molecule has 0 bridgehead atoms. The Bertz CT molecular complexity index is 512. The number of rotatable bonds is 4. The van der Waals surface area contributed by atoms with Gasteiger partial charge in [-0.3, -0.25) is 9.59 Å². The Hall–Kier alpha value is -1.88. The zero-order valence-electron chi connectivity index (χ0n) is 12.0. The molecule has 0 spiro atoms. The van der Waals surface area contributed by atoms with Gasteiger partial charge >= 0.3 is 0 Å². The molecule has 0 aliphatic carbocycles. The number of carbonyl (C=O) groups excluding carboxylic acids is 2. The molecule has 2 saturated heterocycles. The van der Waals surface area contributed by atoms with Crippen LogP contribution in [0.5, 0.6) is 0 Å². The molecule has 2 heterocycles. The molecule has 2 fully saturated rings. The van der Waals surface area contributed by atoms with Crippen molar-refractivity contribution in [2.24, 2.45) is 0 Å². The van der Waals surface area contributed by atoms with Crippen molar-refractivity contribution in [3.8, 4) is 0 Å². The van der Waals surface area contributed by atoms with Crippen molar-refractivity contribution >= 4 is 11.8 Å². The van der Waals surface area contributed by atoms with Crippen LogP contribution in [0.15, 0.2) is 30.3 Å². The van der Waals surface area contributed by atoms with E-state index < -0.39 is 6.04 Å². The predicted molar refractivity (Wildman–Crippen MR) is 77.5 cm³/mol. The molecule has 2 unspecified atom stereocenters. The Labute approximate surface area is 124 Å². The molecule has 2 aliphatic heterocycles. The fraction of sp³-hybridized carbons (Fsp3) is 0.500. The first-order valence-corrected chi connectivity index (χ1v) is 7.49. The molecule has 1 N–H and O–H groups in total. The minimum Gasteiger partial charge on any atom is -0.378 e. The molecule has 1 aromatic rings. The van der Waals surface area contributed by atoms with E-state index in [1.807, 2.05) is 30.3 Å². The largest absolute Gasteiger partial charge is 0.378 e. The Morgan fingerprint density at radius 1 is 1.24 bits per heavy atom. The smallest absolute Gasteiger partial charge is 0.247 e. The summed E-state index contributed by atoms with van der Waals surface area (Å²) in [6.07, 6.45) is 3.15. The van der Waals surface area contributed by atoms with Crippen molar-refractivity contribution < 1.29 is 14.3 Å². The van der Waals surface area contributed by atoms with E-state index in [0.29, 0.717) is 6.54 Å². The summed E-state index contributed by atoms with van der Waals surface area (Å²) in [5.41, 5.74) is 0.857. The summed E-state index contributed by atoms with van der Waals surface area (Å²) in [5.74, 6) is -0.130. The second kappa shape index (κ2) is 6.26. The molecule has 5 heteroatoms. The van der Waals surface area contributed by atoms with Crippen LogP contribution < -0.4 is 5.32 Å². The lowest BCUT2D eigenvalue weighted by atomic mass is 10.0. The van der Waals surface area contributed by atoms with Gasteiger partial charge in [-0.2, -0.15) is 0 Å². The molecule has 3 rings (SSSR count). The molecule has 1 aromatic carbocycles. The fourth-order valence-corrected chi connectivity index (χ4v) is 3.02. The first kappa shape index (κ1) is 14.1. The van der Waals surface area contributed by atoms with Gasteiger partial charge in [0.25, 0.3) is 0 Å². The van der Waals surface area contributed by atoms with Gasteiger partial charge in [0, 0.05) is 13.2 Å². The lowest BCUT2D eigenvalue weighted by Crippen LogP contribution is -2.54. The van der Waals surface area contributed by atoms with Crippen molar-refractivity contribution in [2.45, 2.75) is 31.4 Å². The summed E-state index contributed by atoms with van der Waals surface area (Å²) in [5, 5.41) is 2.68. The van der Waals surface area contributed by atoms with E-state index in [0.717, 1.165) is 31.4 Å². The van der Waals surface area contributed by atoms with Crippen LogP contribution in [0.4, 0.5) is 0 Å². The molecule has 2 atom stereocenters. The van der Waals surface area contributed by atoms with Gasteiger partial charge in [-0.15, -0.1) is 0 Å². The third kappa shape index (κ3) is 3.08. The number of nitrogens with zero attached hydrogens (tertiary/aromatic N) is 1. The number of piperazine rings is 1. The maximum atomic E-state index is 12.2. The van der Waals surface area contributed by atoms with Gasteiger partial charge < -0.3 is 15.0 Å². The second-order valence-electron chi connectivity index (χ2n) is 5.54. The van der Waals surface area contributed by atoms with E-state index in [-0.39, 0.29) is 24.5 Å². The average molecular weight is 288 g/mol. The highest BCUT2D eigenvalue weighted by Crippen LogP contribution is 2.25. The van der Waals surface area contributed by atoms with Crippen LogP contribution in [0.25, 0.3) is 0 Å². The zero-order valence-corrected chi connectivity index (χ0v) is 12.0. The van der Waals surface area contributed by atoms with Crippen LogP contribution in [0.2, 0.25) is 0 Å². The molecular formula is C16H20N2O3. The summed E-state index contributed by atoms with van der Waals surface area (Å²) in [6.45, 7) is 1.46. The first-order valence-electron chi connectivity index (χ1n) is 7.49. The van der Waals surface area contributed by atoms with Crippen LogP contribution in [-0.2, 0) is 14.3 Å². The van der Waals surface area contributed by atoms with E-state index in [9.17, 15) is 9.59 Å². The number of hydrogen-bond acceptors (Lipinski definition) is 3. The fourth-order valence-electron chi connectivity index (χ4n) is 3.02. The number of nitrogens with one attached hydrogen (secondary N) is 1. The standard InChI is InChI=1S/C16H20N2O3/c19-14-11-17-16(20)15(12-5-2-1-3-6-12)18(14)9-8-13-7-4-10-21-13/h1-3,5-6,13,15H,4,7-11H2,(H,17,20). The van der Waals surface area contributed by atoms with Gasteiger partial charge in [0.15, 0.2) is 0 Å². The summed E-state index contributed by atoms with van der Waals surface area (Å²) in [7, 11) is 0.